The van der Waals surface area contributed by atoms with E-state index in [0.29, 0.717) is 0 Å². The number of para-hydroxylation sites is 1. The summed E-state index contributed by atoms with van der Waals surface area (Å²) in [4.78, 5) is 4.47. The molecule has 1 aromatic carbocycles. The normalized spacial score (nSPS) is 10.7. The lowest BCUT2D eigenvalue weighted by molar-refractivity contribution is 0.413. The highest BCUT2D eigenvalue weighted by Gasteiger charge is 2.11. The van der Waals surface area contributed by atoms with Crippen molar-refractivity contribution in [2.24, 2.45) is 5.73 Å². The van der Waals surface area contributed by atoms with Crippen molar-refractivity contribution >= 4 is 11.5 Å². The molecule has 100 valence electrons. The smallest absolute Gasteiger partial charge is 0.124 e. The summed E-state index contributed by atoms with van der Waals surface area (Å²) in [7, 11) is 4.14. The van der Waals surface area contributed by atoms with E-state index in [1.807, 2.05) is 24.3 Å². The first-order valence-corrected chi connectivity index (χ1v) is 6.39. The number of nitrogen functional groups attached to an aromatic ring is 1. The standard InChI is InChI=1S/C14H24N4/c1-4-9-18(11-10-17(2)3)13-8-6-5-7-12(13)14(15)16/h5-8H,4,9-11H2,1-3H3,(H3,15,16). The maximum Gasteiger partial charge on any atom is 0.124 e. The zero-order valence-corrected chi connectivity index (χ0v) is 11.6. The summed E-state index contributed by atoms with van der Waals surface area (Å²) < 4.78 is 0. The van der Waals surface area contributed by atoms with Crippen LogP contribution in [0.5, 0.6) is 0 Å². The highest BCUT2D eigenvalue weighted by atomic mass is 15.2. The minimum atomic E-state index is 0.136. The van der Waals surface area contributed by atoms with E-state index in [4.69, 9.17) is 11.1 Å². The highest BCUT2D eigenvalue weighted by Crippen LogP contribution is 2.20. The lowest BCUT2D eigenvalue weighted by Crippen LogP contribution is -2.33. The van der Waals surface area contributed by atoms with Gasteiger partial charge in [-0.3, -0.25) is 5.41 Å². The van der Waals surface area contributed by atoms with Gasteiger partial charge in [-0.25, -0.2) is 0 Å². The minimum Gasteiger partial charge on any atom is -0.384 e. The number of rotatable bonds is 7. The molecular weight excluding hydrogens is 224 g/mol. The van der Waals surface area contributed by atoms with E-state index in [-0.39, 0.29) is 5.84 Å². The second-order valence-corrected chi connectivity index (χ2v) is 4.72. The first kappa shape index (κ1) is 14.5. The van der Waals surface area contributed by atoms with Crippen LogP contribution in [0.1, 0.15) is 18.9 Å². The summed E-state index contributed by atoms with van der Waals surface area (Å²) in [5.74, 6) is 0.136. The number of nitrogens with two attached hydrogens (primary N) is 1. The number of hydrogen-bond acceptors (Lipinski definition) is 3. The molecule has 0 radical (unpaired) electrons. The quantitative estimate of drug-likeness (QED) is 0.571. The molecule has 0 saturated heterocycles. The molecule has 0 aliphatic heterocycles. The van der Waals surface area contributed by atoms with Gasteiger partial charge in [0.1, 0.15) is 5.84 Å². The molecular formula is C14H24N4. The summed E-state index contributed by atoms with van der Waals surface area (Å²) in [6.07, 6.45) is 1.08. The van der Waals surface area contributed by atoms with Crippen LogP contribution in [-0.2, 0) is 0 Å². The number of nitrogens with zero attached hydrogens (tertiary/aromatic N) is 2. The van der Waals surface area contributed by atoms with E-state index < -0.39 is 0 Å². The number of likely N-dealkylation sites (N-methyl/N-ethyl adjacent to an activating group) is 1. The lowest BCUT2D eigenvalue weighted by atomic mass is 10.1. The number of anilines is 1. The molecule has 4 nitrogen and oxygen atoms in total. The molecule has 18 heavy (non-hydrogen) atoms. The molecule has 0 bridgehead atoms. The molecule has 0 amide bonds. The Morgan fingerprint density at radius 3 is 2.39 bits per heavy atom. The van der Waals surface area contributed by atoms with Crippen LogP contribution >= 0.6 is 0 Å². The molecule has 0 atom stereocenters. The van der Waals surface area contributed by atoms with Crippen LogP contribution in [0.2, 0.25) is 0 Å². The number of nitrogens with one attached hydrogen (secondary N) is 1. The van der Waals surface area contributed by atoms with Crippen molar-refractivity contribution in [3.05, 3.63) is 29.8 Å². The van der Waals surface area contributed by atoms with Gasteiger partial charge >= 0.3 is 0 Å². The second-order valence-electron chi connectivity index (χ2n) is 4.72. The van der Waals surface area contributed by atoms with Gasteiger partial charge < -0.3 is 15.5 Å². The van der Waals surface area contributed by atoms with Gasteiger partial charge in [-0.2, -0.15) is 0 Å². The predicted octanol–water partition coefficient (Wildman–Crippen LogP) is 1.75. The average molecular weight is 248 g/mol. The van der Waals surface area contributed by atoms with Crippen molar-refractivity contribution in [2.75, 3.05) is 38.6 Å². The molecule has 0 fully saturated rings. The molecule has 1 aromatic rings. The highest BCUT2D eigenvalue weighted by molar-refractivity contribution is 6.00. The van der Waals surface area contributed by atoms with Crippen molar-refractivity contribution in [3.8, 4) is 0 Å². The van der Waals surface area contributed by atoms with Gasteiger partial charge in [-0.05, 0) is 32.6 Å². The van der Waals surface area contributed by atoms with Crippen LogP contribution in [0.25, 0.3) is 0 Å². The third-order valence-corrected chi connectivity index (χ3v) is 2.85. The first-order valence-electron chi connectivity index (χ1n) is 6.39. The minimum absolute atomic E-state index is 0.136. The van der Waals surface area contributed by atoms with Crippen molar-refractivity contribution in [3.63, 3.8) is 0 Å². The van der Waals surface area contributed by atoms with E-state index in [0.717, 1.165) is 37.3 Å². The summed E-state index contributed by atoms with van der Waals surface area (Å²) in [5.41, 5.74) is 7.54. The topological polar surface area (TPSA) is 56.4 Å². The number of hydrogen-bond donors (Lipinski definition) is 2. The first-order chi connectivity index (χ1) is 8.56. The molecule has 0 aliphatic rings. The largest absolute Gasteiger partial charge is 0.384 e. The number of benzene rings is 1. The van der Waals surface area contributed by atoms with Crippen molar-refractivity contribution in [1.82, 2.24) is 4.90 Å². The molecule has 4 heteroatoms. The molecule has 0 heterocycles. The van der Waals surface area contributed by atoms with Crippen molar-refractivity contribution < 1.29 is 0 Å². The maximum atomic E-state index is 7.66. The number of amidine groups is 1. The van der Waals surface area contributed by atoms with Crippen LogP contribution in [0.4, 0.5) is 5.69 Å². The fraction of sp³-hybridized carbons (Fsp3) is 0.500. The van der Waals surface area contributed by atoms with Crippen LogP contribution in [0.3, 0.4) is 0 Å². The van der Waals surface area contributed by atoms with Crippen LogP contribution in [-0.4, -0.2) is 44.5 Å². The molecule has 0 unspecified atom stereocenters. The molecule has 0 saturated carbocycles. The van der Waals surface area contributed by atoms with Crippen LogP contribution in [0, 0.1) is 5.41 Å². The van der Waals surface area contributed by atoms with E-state index in [9.17, 15) is 0 Å². The van der Waals surface area contributed by atoms with E-state index in [1.165, 1.54) is 0 Å². The SMILES string of the molecule is CCCN(CCN(C)C)c1ccccc1C(=N)N. The van der Waals surface area contributed by atoms with E-state index in [1.54, 1.807) is 0 Å². The summed E-state index contributed by atoms with van der Waals surface area (Å²) in [6.45, 7) is 5.09. The van der Waals surface area contributed by atoms with Crippen LogP contribution < -0.4 is 10.6 Å². The third-order valence-electron chi connectivity index (χ3n) is 2.85. The Balaban J connectivity index is 2.93. The Morgan fingerprint density at radius 1 is 1.17 bits per heavy atom. The fourth-order valence-corrected chi connectivity index (χ4v) is 1.92. The summed E-state index contributed by atoms with van der Waals surface area (Å²) >= 11 is 0. The monoisotopic (exact) mass is 248 g/mol. The Morgan fingerprint density at radius 2 is 1.83 bits per heavy atom. The Hall–Kier alpha value is -1.55. The average Bonchev–Trinajstić information content (AvgIpc) is 2.34. The summed E-state index contributed by atoms with van der Waals surface area (Å²) in [6, 6.07) is 7.88. The Labute approximate surface area is 110 Å². The maximum absolute atomic E-state index is 7.66. The van der Waals surface area contributed by atoms with Gasteiger partial charge in [0.15, 0.2) is 0 Å². The molecule has 0 aromatic heterocycles. The second kappa shape index (κ2) is 7.01. The van der Waals surface area contributed by atoms with Gasteiger partial charge in [0, 0.05) is 30.9 Å². The molecule has 0 aliphatic carbocycles. The van der Waals surface area contributed by atoms with Crippen LogP contribution in [0.15, 0.2) is 24.3 Å². The van der Waals surface area contributed by atoms with Gasteiger partial charge in [0.05, 0.1) is 0 Å². The van der Waals surface area contributed by atoms with E-state index in [2.05, 4.69) is 30.8 Å². The zero-order valence-electron chi connectivity index (χ0n) is 11.6. The van der Waals surface area contributed by atoms with Gasteiger partial charge in [-0.1, -0.05) is 19.1 Å². The van der Waals surface area contributed by atoms with Gasteiger partial charge in [-0.15, -0.1) is 0 Å². The fourth-order valence-electron chi connectivity index (χ4n) is 1.92. The third kappa shape index (κ3) is 4.04. The van der Waals surface area contributed by atoms with Crippen molar-refractivity contribution in [2.45, 2.75) is 13.3 Å². The molecule has 3 N–H and O–H groups in total. The molecule has 0 spiro atoms. The van der Waals surface area contributed by atoms with Gasteiger partial charge in [0.2, 0.25) is 0 Å². The zero-order chi connectivity index (χ0) is 13.5. The van der Waals surface area contributed by atoms with Crippen molar-refractivity contribution in [1.29, 1.82) is 5.41 Å². The predicted molar refractivity (Wildman–Crippen MR) is 78.5 cm³/mol. The lowest BCUT2D eigenvalue weighted by Gasteiger charge is -2.27. The Bertz CT molecular complexity index is 387. The van der Waals surface area contributed by atoms with Gasteiger partial charge in [0.25, 0.3) is 0 Å². The Kier molecular flexibility index (Phi) is 5.65. The summed E-state index contributed by atoms with van der Waals surface area (Å²) in [5, 5.41) is 7.66. The molecule has 1 rings (SSSR count). The van der Waals surface area contributed by atoms with E-state index >= 15 is 0 Å².